The van der Waals surface area contributed by atoms with E-state index >= 15 is 0 Å². The van der Waals surface area contributed by atoms with E-state index in [2.05, 4.69) is 27.2 Å². The summed E-state index contributed by atoms with van der Waals surface area (Å²) >= 11 is 0. The minimum Gasteiger partial charge on any atom is -0.497 e. The number of anilines is 1. The molecule has 3 aromatic rings. The molecule has 1 fully saturated rings. The molecule has 3 aromatic carbocycles. The van der Waals surface area contributed by atoms with Gasteiger partial charge in [-0.3, -0.25) is 9.69 Å². The average molecular weight is 664 g/mol. The van der Waals surface area contributed by atoms with Crippen molar-refractivity contribution in [2.24, 2.45) is 11.8 Å². The molecule has 1 saturated heterocycles. The molecule has 1 aliphatic carbocycles. The second kappa shape index (κ2) is 14.8. The Hall–Kier alpha value is -4.39. The van der Waals surface area contributed by atoms with Crippen molar-refractivity contribution in [3.63, 3.8) is 0 Å². The van der Waals surface area contributed by atoms with Crippen molar-refractivity contribution in [1.82, 2.24) is 10.2 Å². The molecule has 0 spiro atoms. The summed E-state index contributed by atoms with van der Waals surface area (Å²) in [6.45, 7) is 4.67. The highest BCUT2D eigenvalue weighted by atomic mass is 16.7. The molecule has 3 N–H and O–H groups in total. The van der Waals surface area contributed by atoms with Gasteiger partial charge >= 0.3 is 0 Å². The molecule has 0 bridgehead atoms. The third-order valence-electron chi connectivity index (χ3n) is 9.78. The molecule has 12 nitrogen and oxygen atoms in total. The fourth-order valence-electron chi connectivity index (χ4n) is 7.25. The van der Waals surface area contributed by atoms with Gasteiger partial charge in [-0.15, -0.1) is 0 Å². The largest absolute Gasteiger partial charge is 0.497 e. The summed E-state index contributed by atoms with van der Waals surface area (Å²) < 4.78 is 33.5. The molecule has 258 valence electrons. The molecular formula is C36H45N3O9. The van der Waals surface area contributed by atoms with Crippen LogP contribution in [0.3, 0.4) is 0 Å². The summed E-state index contributed by atoms with van der Waals surface area (Å²) in [7, 11) is 6.28. The van der Waals surface area contributed by atoms with Crippen molar-refractivity contribution < 1.29 is 43.4 Å². The van der Waals surface area contributed by atoms with E-state index in [9.17, 15) is 15.0 Å². The maximum Gasteiger partial charge on any atom is 0.231 e. The van der Waals surface area contributed by atoms with Crippen molar-refractivity contribution in [3.05, 3.63) is 65.2 Å². The second-order valence-corrected chi connectivity index (χ2v) is 12.3. The average Bonchev–Trinajstić information content (AvgIpc) is 3.60. The highest BCUT2D eigenvalue weighted by Crippen LogP contribution is 2.53. The summed E-state index contributed by atoms with van der Waals surface area (Å²) in [5.74, 6) is 0.775. The summed E-state index contributed by atoms with van der Waals surface area (Å²) in [6, 6.07) is 15.4. The maximum atomic E-state index is 14.2. The predicted molar refractivity (Wildman–Crippen MR) is 179 cm³/mol. The topological polar surface area (TPSA) is 131 Å². The summed E-state index contributed by atoms with van der Waals surface area (Å²) in [4.78, 5) is 18.9. The SMILES string of the molecule is COc1ccc(N2CCN(CCCNC(=O)[C@@H]3[C@H](c4cc(OC)c(OC)c(OC)c4)c4cc5c(cc4[C@H](O)[C@H]3CO)OCO5)CC2)cc1. The number of methoxy groups -OCH3 is 4. The van der Waals surface area contributed by atoms with Crippen LogP contribution in [0.25, 0.3) is 0 Å². The fourth-order valence-corrected chi connectivity index (χ4v) is 7.25. The van der Waals surface area contributed by atoms with Crippen LogP contribution in [0.2, 0.25) is 0 Å². The first-order chi connectivity index (χ1) is 23.4. The van der Waals surface area contributed by atoms with Crippen LogP contribution in [-0.2, 0) is 4.79 Å². The Morgan fingerprint density at radius 2 is 1.52 bits per heavy atom. The molecule has 48 heavy (non-hydrogen) atoms. The number of aliphatic hydroxyl groups excluding tert-OH is 2. The van der Waals surface area contributed by atoms with Crippen molar-refractivity contribution >= 4 is 11.6 Å². The van der Waals surface area contributed by atoms with Gasteiger partial charge in [0.2, 0.25) is 18.4 Å². The first-order valence-corrected chi connectivity index (χ1v) is 16.3. The smallest absolute Gasteiger partial charge is 0.231 e. The normalized spacial score (nSPS) is 21.8. The molecule has 0 unspecified atom stereocenters. The lowest BCUT2D eigenvalue weighted by Crippen LogP contribution is -2.48. The molecule has 12 heteroatoms. The van der Waals surface area contributed by atoms with Gasteiger partial charge in [0.15, 0.2) is 23.0 Å². The predicted octanol–water partition coefficient (Wildman–Crippen LogP) is 3.18. The van der Waals surface area contributed by atoms with Gasteiger partial charge in [-0.05, 0) is 78.2 Å². The minimum absolute atomic E-state index is 0.0625. The summed E-state index contributed by atoms with van der Waals surface area (Å²) in [5.41, 5.74) is 3.18. The first-order valence-electron chi connectivity index (χ1n) is 16.3. The highest BCUT2D eigenvalue weighted by molar-refractivity contribution is 5.82. The molecule has 0 radical (unpaired) electrons. The minimum atomic E-state index is -1.10. The van der Waals surface area contributed by atoms with E-state index in [0.717, 1.165) is 44.9 Å². The van der Waals surface area contributed by atoms with Gasteiger partial charge in [0.05, 0.1) is 40.5 Å². The Bertz CT molecular complexity index is 1550. The Morgan fingerprint density at radius 3 is 2.10 bits per heavy atom. The number of piperazine rings is 1. The molecule has 4 atom stereocenters. The van der Waals surface area contributed by atoms with E-state index in [1.165, 1.54) is 27.0 Å². The number of aliphatic hydroxyl groups is 2. The van der Waals surface area contributed by atoms with Crippen LogP contribution in [0.15, 0.2) is 48.5 Å². The zero-order valence-corrected chi connectivity index (χ0v) is 27.9. The molecule has 2 aliphatic heterocycles. The number of hydrogen-bond donors (Lipinski definition) is 3. The van der Waals surface area contributed by atoms with Crippen LogP contribution in [0.5, 0.6) is 34.5 Å². The van der Waals surface area contributed by atoms with Crippen LogP contribution in [0, 0.1) is 11.8 Å². The molecule has 6 rings (SSSR count). The number of carbonyl (C=O) groups excluding carboxylic acids is 1. The van der Waals surface area contributed by atoms with Crippen LogP contribution >= 0.6 is 0 Å². The zero-order chi connectivity index (χ0) is 33.8. The zero-order valence-electron chi connectivity index (χ0n) is 27.9. The van der Waals surface area contributed by atoms with Gasteiger partial charge in [0.25, 0.3) is 0 Å². The number of carbonyl (C=O) groups is 1. The molecular weight excluding hydrogens is 618 g/mol. The van der Waals surface area contributed by atoms with Crippen LogP contribution < -0.4 is 38.6 Å². The van der Waals surface area contributed by atoms with Gasteiger partial charge in [0.1, 0.15) is 5.75 Å². The molecule has 0 saturated carbocycles. The monoisotopic (exact) mass is 663 g/mol. The van der Waals surface area contributed by atoms with Gasteiger partial charge in [0, 0.05) is 56.9 Å². The van der Waals surface area contributed by atoms with E-state index in [1.807, 2.05) is 30.3 Å². The maximum absolute atomic E-state index is 14.2. The van der Waals surface area contributed by atoms with Crippen molar-refractivity contribution in [3.8, 4) is 34.5 Å². The fraction of sp³-hybridized carbons (Fsp3) is 0.472. The van der Waals surface area contributed by atoms with Crippen molar-refractivity contribution in [2.45, 2.75) is 18.4 Å². The lowest BCUT2D eigenvalue weighted by atomic mass is 9.64. The summed E-state index contributed by atoms with van der Waals surface area (Å²) in [6.07, 6.45) is -0.340. The number of hydrogen-bond acceptors (Lipinski definition) is 11. The number of rotatable bonds is 12. The van der Waals surface area contributed by atoms with Crippen LogP contribution in [0.4, 0.5) is 5.69 Å². The Labute approximate surface area is 281 Å². The van der Waals surface area contributed by atoms with E-state index in [1.54, 1.807) is 13.2 Å². The summed E-state index contributed by atoms with van der Waals surface area (Å²) in [5, 5.41) is 25.3. The lowest BCUT2D eigenvalue weighted by Gasteiger charge is -2.41. The van der Waals surface area contributed by atoms with Crippen molar-refractivity contribution in [2.75, 3.05) is 86.0 Å². The number of ether oxygens (including phenoxy) is 6. The third kappa shape index (κ3) is 6.52. The van der Waals surface area contributed by atoms with Crippen LogP contribution in [0.1, 0.15) is 35.1 Å². The number of fused-ring (bicyclic) bond motifs is 2. The Morgan fingerprint density at radius 1 is 0.875 bits per heavy atom. The number of benzene rings is 3. The van der Waals surface area contributed by atoms with E-state index in [0.29, 0.717) is 52.0 Å². The molecule has 2 heterocycles. The van der Waals surface area contributed by atoms with E-state index in [4.69, 9.17) is 28.4 Å². The van der Waals surface area contributed by atoms with Gasteiger partial charge in [-0.1, -0.05) is 0 Å². The van der Waals surface area contributed by atoms with Gasteiger partial charge in [-0.2, -0.15) is 0 Å². The number of nitrogens with one attached hydrogen (secondary N) is 1. The van der Waals surface area contributed by atoms with E-state index in [-0.39, 0.29) is 12.7 Å². The third-order valence-corrected chi connectivity index (χ3v) is 9.78. The van der Waals surface area contributed by atoms with Gasteiger partial charge in [-0.25, -0.2) is 0 Å². The quantitative estimate of drug-likeness (QED) is 0.247. The van der Waals surface area contributed by atoms with Crippen LogP contribution in [-0.4, -0.2) is 102 Å². The molecule has 3 aliphatic rings. The Kier molecular flexibility index (Phi) is 10.3. The molecule has 0 aromatic heterocycles. The first kappa shape index (κ1) is 33.5. The number of amides is 1. The lowest BCUT2D eigenvalue weighted by molar-refractivity contribution is -0.131. The van der Waals surface area contributed by atoms with Gasteiger partial charge < -0.3 is 48.9 Å². The van der Waals surface area contributed by atoms with E-state index < -0.39 is 30.5 Å². The standard InChI is InChI=1S/C36H45N3O9/c1-43-24-8-6-23(7-9-24)39-14-12-38(13-15-39)11-5-10-37-36(42)33-27(20-40)34(41)26-19-29-28(47-21-48-29)18-25(26)32(33)22-16-30(44-2)35(46-4)31(17-22)45-3/h6-9,16-19,27,32-34,40-41H,5,10-15,20-21H2,1-4H3,(H,37,42)/t27-,32+,33-,34-/m0/s1. The highest BCUT2D eigenvalue weighted by Gasteiger charge is 2.47. The molecule has 1 amide bonds. The second-order valence-electron chi connectivity index (χ2n) is 12.3. The Balaban J connectivity index is 1.19. The van der Waals surface area contributed by atoms with Crippen molar-refractivity contribution in [1.29, 1.82) is 0 Å². The number of nitrogens with zero attached hydrogens (tertiary/aromatic N) is 2.